The number of hydrogen-bond acceptors (Lipinski definition) is 6. The van der Waals surface area contributed by atoms with Crippen LogP contribution in [0.1, 0.15) is 5.56 Å². The van der Waals surface area contributed by atoms with E-state index in [4.69, 9.17) is 14.2 Å². The molecule has 0 aromatic heterocycles. The molecular formula is C22H23N3O6S. The van der Waals surface area contributed by atoms with E-state index in [9.17, 15) is 13.2 Å². The van der Waals surface area contributed by atoms with Crippen molar-refractivity contribution in [2.45, 2.75) is 0 Å². The molecule has 10 heteroatoms. The average Bonchev–Trinajstić information content (AvgIpc) is 2.80. The van der Waals surface area contributed by atoms with Crippen LogP contribution in [-0.4, -0.2) is 52.2 Å². The summed E-state index contributed by atoms with van der Waals surface area (Å²) in [6, 6.07) is 11.5. The highest BCUT2D eigenvalue weighted by Crippen LogP contribution is 2.30. The summed E-state index contributed by atoms with van der Waals surface area (Å²) in [6.45, 7) is 3.46. The van der Waals surface area contributed by atoms with Gasteiger partial charge in [-0.1, -0.05) is 6.08 Å². The van der Waals surface area contributed by atoms with Crippen LogP contribution in [-0.2, 0) is 15.0 Å². The van der Waals surface area contributed by atoms with Gasteiger partial charge < -0.3 is 19.5 Å². The van der Waals surface area contributed by atoms with E-state index in [2.05, 4.69) is 16.3 Å². The monoisotopic (exact) mass is 457 g/mol. The summed E-state index contributed by atoms with van der Waals surface area (Å²) in [7, 11) is 0.312. The number of anilines is 1. The Labute approximate surface area is 186 Å². The lowest BCUT2D eigenvalue weighted by Gasteiger charge is -2.26. The third kappa shape index (κ3) is 4.75. The Bertz CT molecular complexity index is 1190. The second kappa shape index (κ2) is 9.56. The molecule has 3 rings (SSSR count). The Morgan fingerprint density at radius 3 is 2.34 bits per heavy atom. The summed E-state index contributed by atoms with van der Waals surface area (Å²) in [6.07, 6.45) is 2.79. The lowest BCUT2D eigenvalue weighted by atomic mass is 10.1. The molecule has 0 unspecified atom stereocenters. The molecule has 0 saturated carbocycles. The quantitative estimate of drug-likeness (QED) is 0.611. The normalized spacial score (nSPS) is 14.7. The van der Waals surface area contributed by atoms with Gasteiger partial charge in [0.25, 0.3) is 5.91 Å². The first-order valence-electron chi connectivity index (χ1n) is 9.46. The van der Waals surface area contributed by atoms with Crippen LogP contribution in [0.25, 0.3) is 0 Å². The Hall–Kier alpha value is -3.79. The molecule has 32 heavy (non-hydrogen) atoms. The summed E-state index contributed by atoms with van der Waals surface area (Å²) >= 11 is 0. The zero-order valence-electron chi connectivity index (χ0n) is 17.9. The van der Waals surface area contributed by atoms with Crippen molar-refractivity contribution in [2.24, 2.45) is 4.40 Å². The van der Waals surface area contributed by atoms with Gasteiger partial charge in [-0.15, -0.1) is 11.0 Å². The maximum absolute atomic E-state index is 13.0. The van der Waals surface area contributed by atoms with Gasteiger partial charge in [0.15, 0.2) is 11.5 Å². The Kier molecular flexibility index (Phi) is 6.84. The molecule has 0 radical (unpaired) electrons. The predicted octanol–water partition coefficient (Wildman–Crippen LogP) is 2.77. The molecule has 1 amide bonds. The minimum atomic E-state index is -4.19. The zero-order chi connectivity index (χ0) is 23.3. The van der Waals surface area contributed by atoms with Crippen molar-refractivity contribution in [3.05, 3.63) is 72.5 Å². The van der Waals surface area contributed by atoms with Crippen molar-refractivity contribution in [2.75, 3.05) is 33.2 Å². The van der Waals surface area contributed by atoms with Crippen LogP contribution in [0.3, 0.4) is 0 Å². The van der Waals surface area contributed by atoms with Gasteiger partial charge in [0.1, 0.15) is 11.4 Å². The number of carbonyl (C=O) groups is 1. The van der Waals surface area contributed by atoms with Crippen molar-refractivity contribution in [1.82, 2.24) is 4.31 Å². The fraction of sp³-hybridized carbons (Fsp3) is 0.182. The van der Waals surface area contributed by atoms with Gasteiger partial charge in [-0.25, -0.2) is 4.31 Å². The predicted molar refractivity (Wildman–Crippen MR) is 122 cm³/mol. The second-order valence-electron chi connectivity index (χ2n) is 6.56. The lowest BCUT2D eigenvalue weighted by molar-refractivity contribution is -0.113. The summed E-state index contributed by atoms with van der Waals surface area (Å²) in [5.41, 5.74) is 0.911. The molecule has 0 atom stereocenters. The fourth-order valence-corrected chi connectivity index (χ4v) is 4.20. The van der Waals surface area contributed by atoms with E-state index in [0.717, 1.165) is 4.31 Å². The smallest absolute Gasteiger partial charge is 0.345 e. The molecule has 0 bridgehead atoms. The van der Waals surface area contributed by atoms with Crippen molar-refractivity contribution >= 4 is 27.5 Å². The summed E-state index contributed by atoms with van der Waals surface area (Å²) in [5, 5.41) is 2.70. The van der Waals surface area contributed by atoms with Crippen molar-refractivity contribution in [3.63, 3.8) is 0 Å². The number of rotatable bonds is 8. The number of nitrogens with one attached hydrogen (secondary N) is 1. The minimum Gasteiger partial charge on any atom is -0.497 e. The van der Waals surface area contributed by atoms with E-state index >= 15 is 0 Å². The van der Waals surface area contributed by atoms with Gasteiger partial charge in [-0.3, -0.25) is 4.79 Å². The van der Waals surface area contributed by atoms with Crippen LogP contribution in [0, 0.1) is 0 Å². The van der Waals surface area contributed by atoms with Crippen molar-refractivity contribution < 1.29 is 27.4 Å². The average molecular weight is 458 g/mol. The Morgan fingerprint density at radius 1 is 1.06 bits per heavy atom. The first-order chi connectivity index (χ1) is 15.3. The SMILES string of the molecule is C=CCN1C(C(=O)Nc2ccc(OC)cc2)=CC(c2ccc(OC)c(OC)c2)=NS1(=O)=O. The zero-order valence-corrected chi connectivity index (χ0v) is 18.7. The maximum atomic E-state index is 13.0. The molecule has 0 spiro atoms. The molecule has 168 valence electrons. The third-order valence-electron chi connectivity index (χ3n) is 4.59. The van der Waals surface area contributed by atoms with Gasteiger partial charge in [0.2, 0.25) is 0 Å². The first-order valence-corrected chi connectivity index (χ1v) is 10.9. The van der Waals surface area contributed by atoms with Crippen molar-refractivity contribution in [1.29, 1.82) is 0 Å². The summed E-state index contributed by atoms with van der Waals surface area (Å²) < 4.78 is 46.1. The van der Waals surface area contributed by atoms with E-state index < -0.39 is 16.1 Å². The van der Waals surface area contributed by atoms with E-state index in [1.807, 2.05) is 0 Å². The third-order valence-corrected chi connectivity index (χ3v) is 5.92. The van der Waals surface area contributed by atoms with Gasteiger partial charge >= 0.3 is 10.2 Å². The standard InChI is InChI=1S/C22H23N3O6S/c1-5-12-25-19(22(26)23-16-7-9-17(29-2)10-8-16)14-18(24-32(25,27)28)15-6-11-20(30-3)21(13-15)31-4/h5-11,13-14H,1,12H2,2-4H3,(H,23,26). The topological polar surface area (TPSA) is 107 Å². The number of nitrogens with zero attached hydrogens (tertiary/aromatic N) is 2. The Balaban J connectivity index is 2.02. The van der Waals surface area contributed by atoms with Crippen LogP contribution in [0.15, 0.2) is 71.3 Å². The van der Waals surface area contributed by atoms with Crippen LogP contribution in [0.4, 0.5) is 5.69 Å². The molecule has 1 heterocycles. The number of allylic oxidation sites excluding steroid dienone is 1. The van der Waals surface area contributed by atoms with Gasteiger partial charge in [-0.05, 0) is 48.5 Å². The molecule has 2 aromatic carbocycles. The van der Waals surface area contributed by atoms with Crippen LogP contribution >= 0.6 is 0 Å². The van der Waals surface area contributed by atoms with E-state index in [-0.39, 0.29) is 18.0 Å². The first kappa shape index (κ1) is 22.9. The van der Waals surface area contributed by atoms with E-state index in [0.29, 0.717) is 28.5 Å². The number of methoxy groups -OCH3 is 3. The molecule has 1 aliphatic rings. The molecule has 9 nitrogen and oxygen atoms in total. The molecule has 1 aliphatic heterocycles. The maximum Gasteiger partial charge on any atom is 0.345 e. The highest BCUT2D eigenvalue weighted by molar-refractivity contribution is 7.88. The largest absolute Gasteiger partial charge is 0.497 e. The number of hydrogen-bond donors (Lipinski definition) is 1. The molecule has 1 N–H and O–H groups in total. The molecule has 0 aliphatic carbocycles. The van der Waals surface area contributed by atoms with Gasteiger partial charge in [0.05, 0.1) is 33.6 Å². The summed E-state index contributed by atoms with van der Waals surface area (Å²) in [4.78, 5) is 13.0. The van der Waals surface area contributed by atoms with E-state index in [1.165, 1.54) is 33.5 Å². The van der Waals surface area contributed by atoms with Gasteiger partial charge in [0, 0.05) is 11.3 Å². The molecule has 0 fully saturated rings. The van der Waals surface area contributed by atoms with Crippen molar-refractivity contribution in [3.8, 4) is 17.2 Å². The van der Waals surface area contributed by atoms with Crippen LogP contribution < -0.4 is 19.5 Å². The number of amides is 1. The molecular weight excluding hydrogens is 434 g/mol. The second-order valence-corrected chi connectivity index (χ2v) is 8.08. The highest BCUT2D eigenvalue weighted by Gasteiger charge is 2.32. The Morgan fingerprint density at radius 2 is 1.75 bits per heavy atom. The fourth-order valence-electron chi connectivity index (χ4n) is 3.02. The van der Waals surface area contributed by atoms with Crippen LogP contribution in [0.5, 0.6) is 17.2 Å². The van der Waals surface area contributed by atoms with Gasteiger partial charge in [-0.2, -0.15) is 8.42 Å². The number of ether oxygens (including phenoxy) is 3. The van der Waals surface area contributed by atoms with E-state index in [1.54, 1.807) is 42.5 Å². The number of carbonyl (C=O) groups excluding carboxylic acids is 1. The number of benzene rings is 2. The minimum absolute atomic E-state index is 0.0890. The highest BCUT2D eigenvalue weighted by atomic mass is 32.2. The lowest BCUT2D eigenvalue weighted by Crippen LogP contribution is -2.38. The molecule has 2 aromatic rings. The summed E-state index contributed by atoms with van der Waals surface area (Å²) in [5.74, 6) is 0.883. The molecule has 0 saturated heterocycles. The van der Waals surface area contributed by atoms with Crippen LogP contribution in [0.2, 0.25) is 0 Å².